The van der Waals surface area contributed by atoms with Gasteiger partial charge in [-0.3, -0.25) is 16.3 Å². The van der Waals surface area contributed by atoms with Crippen molar-refractivity contribution in [2.75, 3.05) is 13.7 Å². The number of hydrogen-bond acceptors (Lipinski definition) is 5. The fraction of sp³-hybridized carbons (Fsp3) is 0.688. The van der Waals surface area contributed by atoms with Gasteiger partial charge in [0, 0.05) is 13.3 Å². The Labute approximate surface area is 127 Å². The number of pyridine rings is 1. The smallest absolute Gasteiger partial charge is 0.137 e. The Balaban J connectivity index is 2.26. The molecule has 1 aromatic heterocycles. The topological polar surface area (TPSA) is 69.4 Å². The van der Waals surface area contributed by atoms with Crippen LogP contribution in [0.2, 0.25) is 0 Å². The van der Waals surface area contributed by atoms with Crippen LogP contribution in [0.4, 0.5) is 0 Å². The average molecular weight is 293 g/mol. The molecule has 1 atom stereocenters. The fourth-order valence-electron chi connectivity index (χ4n) is 3.25. The summed E-state index contributed by atoms with van der Waals surface area (Å²) in [4.78, 5) is 4.27. The molecule has 1 unspecified atom stereocenters. The van der Waals surface area contributed by atoms with Crippen molar-refractivity contribution in [3.63, 3.8) is 0 Å². The number of hydrazine groups is 1. The molecule has 1 aromatic rings. The first-order chi connectivity index (χ1) is 10.1. The van der Waals surface area contributed by atoms with E-state index in [9.17, 15) is 0 Å². The van der Waals surface area contributed by atoms with Crippen molar-refractivity contribution in [2.24, 2.45) is 11.8 Å². The standard InChI is InChI=1S/C16H27N3O2/c1-4-21-14-9-13(10-18-11-14)15(19-17)16(20-3)7-5-12(2)6-8-16/h9-12,15,19H,4-8,17H2,1-3H3. The highest BCUT2D eigenvalue weighted by atomic mass is 16.5. The third-order valence-electron chi connectivity index (χ3n) is 4.60. The van der Waals surface area contributed by atoms with Gasteiger partial charge in [0.05, 0.1) is 24.4 Å². The number of hydrogen-bond donors (Lipinski definition) is 2. The van der Waals surface area contributed by atoms with Crippen LogP contribution in [0.15, 0.2) is 18.5 Å². The van der Waals surface area contributed by atoms with E-state index in [-0.39, 0.29) is 11.6 Å². The average Bonchev–Trinajstić information content (AvgIpc) is 2.51. The van der Waals surface area contributed by atoms with E-state index in [1.54, 1.807) is 13.3 Å². The monoisotopic (exact) mass is 293 g/mol. The van der Waals surface area contributed by atoms with E-state index in [1.165, 1.54) is 0 Å². The predicted octanol–water partition coefficient (Wildman–Crippen LogP) is 2.58. The molecule has 0 radical (unpaired) electrons. The molecule has 1 aliphatic rings. The number of nitrogens with two attached hydrogens (primary N) is 1. The van der Waals surface area contributed by atoms with E-state index < -0.39 is 0 Å². The molecule has 1 saturated carbocycles. The zero-order valence-corrected chi connectivity index (χ0v) is 13.3. The van der Waals surface area contributed by atoms with Crippen LogP contribution in [0.3, 0.4) is 0 Å². The first-order valence-electron chi connectivity index (χ1n) is 7.74. The zero-order chi connectivity index (χ0) is 15.3. The molecule has 1 fully saturated rings. The minimum atomic E-state index is -0.270. The van der Waals surface area contributed by atoms with Crippen LogP contribution in [0.5, 0.6) is 5.75 Å². The summed E-state index contributed by atoms with van der Waals surface area (Å²) in [5.74, 6) is 7.38. The second-order valence-corrected chi connectivity index (χ2v) is 5.94. The van der Waals surface area contributed by atoms with Crippen molar-refractivity contribution in [1.29, 1.82) is 0 Å². The highest BCUT2D eigenvalue weighted by Gasteiger charge is 2.42. The zero-order valence-electron chi connectivity index (χ0n) is 13.3. The minimum Gasteiger partial charge on any atom is -0.492 e. The molecule has 2 rings (SSSR count). The molecular weight excluding hydrogens is 266 g/mol. The second-order valence-electron chi connectivity index (χ2n) is 5.94. The Kier molecular flexibility index (Phi) is 5.56. The Morgan fingerprint density at radius 1 is 1.43 bits per heavy atom. The van der Waals surface area contributed by atoms with Gasteiger partial charge in [-0.25, -0.2) is 0 Å². The van der Waals surface area contributed by atoms with Crippen LogP contribution in [0.1, 0.15) is 51.1 Å². The molecule has 118 valence electrons. The van der Waals surface area contributed by atoms with Gasteiger partial charge in [-0.1, -0.05) is 6.92 Å². The molecular formula is C16H27N3O2. The van der Waals surface area contributed by atoms with E-state index in [0.717, 1.165) is 42.9 Å². The van der Waals surface area contributed by atoms with Gasteiger partial charge in [-0.2, -0.15) is 0 Å². The molecule has 3 N–H and O–H groups in total. The summed E-state index contributed by atoms with van der Waals surface area (Å²) in [6, 6.07) is 1.92. The molecule has 0 aromatic carbocycles. The minimum absolute atomic E-state index is 0.0806. The van der Waals surface area contributed by atoms with E-state index in [2.05, 4.69) is 17.3 Å². The normalized spacial score (nSPS) is 27.3. The predicted molar refractivity (Wildman–Crippen MR) is 82.8 cm³/mol. The van der Waals surface area contributed by atoms with Crippen molar-refractivity contribution in [1.82, 2.24) is 10.4 Å². The summed E-state index contributed by atoms with van der Waals surface area (Å²) >= 11 is 0. The van der Waals surface area contributed by atoms with E-state index in [1.807, 2.05) is 19.2 Å². The van der Waals surface area contributed by atoms with Crippen LogP contribution < -0.4 is 16.0 Å². The first-order valence-corrected chi connectivity index (χ1v) is 7.74. The van der Waals surface area contributed by atoms with Crippen molar-refractivity contribution in [3.8, 4) is 5.75 Å². The van der Waals surface area contributed by atoms with Gasteiger partial charge in [0.2, 0.25) is 0 Å². The number of methoxy groups -OCH3 is 1. The van der Waals surface area contributed by atoms with Crippen molar-refractivity contribution < 1.29 is 9.47 Å². The molecule has 0 spiro atoms. The van der Waals surface area contributed by atoms with Gasteiger partial charge >= 0.3 is 0 Å². The Morgan fingerprint density at radius 3 is 2.71 bits per heavy atom. The lowest BCUT2D eigenvalue weighted by Gasteiger charge is -2.43. The van der Waals surface area contributed by atoms with Crippen molar-refractivity contribution >= 4 is 0 Å². The van der Waals surface area contributed by atoms with Gasteiger partial charge in [0.1, 0.15) is 5.75 Å². The van der Waals surface area contributed by atoms with Crippen LogP contribution in [-0.4, -0.2) is 24.3 Å². The SMILES string of the molecule is CCOc1cncc(C(NN)C2(OC)CCC(C)CC2)c1. The Hall–Kier alpha value is -1.17. The molecule has 21 heavy (non-hydrogen) atoms. The van der Waals surface area contributed by atoms with Crippen molar-refractivity contribution in [3.05, 3.63) is 24.0 Å². The molecule has 0 saturated heterocycles. The molecule has 1 aliphatic carbocycles. The van der Waals surface area contributed by atoms with Gasteiger partial charge in [0.25, 0.3) is 0 Å². The van der Waals surface area contributed by atoms with Crippen LogP contribution in [0.25, 0.3) is 0 Å². The summed E-state index contributed by atoms with van der Waals surface area (Å²) in [7, 11) is 1.78. The Bertz CT molecular complexity index is 445. The molecule has 5 heteroatoms. The van der Waals surface area contributed by atoms with Gasteiger partial charge in [0.15, 0.2) is 0 Å². The highest BCUT2D eigenvalue weighted by molar-refractivity contribution is 5.28. The first kappa shape index (κ1) is 16.2. The maximum Gasteiger partial charge on any atom is 0.137 e. The van der Waals surface area contributed by atoms with E-state index in [4.69, 9.17) is 15.3 Å². The summed E-state index contributed by atoms with van der Waals surface area (Å²) in [6.45, 7) is 4.88. The summed E-state index contributed by atoms with van der Waals surface area (Å²) in [5, 5.41) is 0. The third kappa shape index (κ3) is 3.54. The molecule has 5 nitrogen and oxygen atoms in total. The summed E-state index contributed by atoms with van der Waals surface area (Å²) in [6.07, 6.45) is 7.88. The largest absolute Gasteiger partial charge is 0.492 e. The lowest BCUT2D eigenvalue weighted by Crippen LogP contribution is -2.50. The lowest BCUT2D eigenvalue weighted by atomic mass is 9.74. The van der Waals surface area contributed by atoms with E-state index >= 15 is 0 Å². The van der Waals surface area contributed by atoms with Crippen LogP contribution in [-0.2, 0) is 4.74 Å². The van der Waals surface area contributed by atoms with Gasteiger partial charge in [-0.05, 0) is 50.2 Å². The number of aromatic nitrogens is 1. The van der Waals surface area contributed by atoms with Crippen LogP contribution in [0, 0.1) is 5.92 Å². The van der Waals surface area contributed by atoms with Crippen molar-refractivity contribution in [2.45, 2.75) is 51.2 Å². The van der Waals surface area contributed by atoms with Gasteiger partial charge < -0.3 is 9.47 Å². The number of nitrogens with one attached hydrogen (secondary N) is 1. The maximum absolute atomic E-state index is 5.92. The van der Waals surface area contributed by atoms with E-state index in [0.29, 0.717) is 6.61 Å². The van der Waals surface area contributed by atoms with Gasteiger partial charge in [-0.15, -0.1) is 0 Å². The maximum atomic E-state index is 5.92. The second kappa shape index (κ2) is 7.20. The highest BCUT2D eigenvalue weighted by Crippen LogP contribution is 2.42. The molecule has 0 amide bonds. The fourth-order valence-corrected chi connectivity index (χ4v) is 3.25. The number of nitrogens with zero attached hydrogens (tertiary/aromatic N) is 1. The summed E-state index contributed by atoms with van der Waals surface area (Å²) in [5.41, 5.74) is 3.69. The third-order valence-corrected chi connectivity index (χ3v) is 4.60. The summed E-state index contributed by atoms with van der Waals surface area (Å²) < 4.78 is 11.5. The molecule has 0 bridgehead atoms. The quantitative estimate of drug-likeness (QED) is 0.623. The number of ether oxygens (including phenoxy) is 2. The van der Waals surface area contributed by atoms with Crippen LogP contribution >= 0.6 is 0 Å². The lowest BCUT2D eigenvalue weighted by molar-refractivity contribution is -0.0762. The number of rotatable bonds is 6. The molecule has 1 heterocycles. The Morgan fingerprint density at radius 2 is 2.14 bits per heavy atom. The molecule has 0 aliphatic heterocycles.